The summed E-state index contributed by atoms with van der Waals surface area (Å²) in [4.78, 5) is 0. The third-order valence-corrected chi connectivity index (χ3v) is 3.38. The van der Waals surface area contributed by atoms with E-state index < -0.39 is 0 Å². The monoisotopic (exact) mass is 230 g/mol. The molecule has 2 nitrogen and oxygen atoms in total. The first kappa shape index (κ1) is 15.9. The molecule has 0 heterocycles. The van der Waals surface area contributed by atoms with Crippen molar-refractivity contribution < 1.29 is 9.47 Å². The Kier molecular flexibility index (Phi) is 10.0. The highest BCUT2D eigenvalue weighted by Gasteiger charge is 2.24. The molecule has 2 heteroatoms. The van der Waals surface area contributed by atoms with Crippen LogP contribution in [0.25, 0.3) is 0 Å². The van der Waals surface area contributed by atoms with E-state index in [1.807, 2.05) is 0 Å². The highest BCUT2D eigenvalue weighted by molar-refractivity contribution is 4.73. The van der Waals surface area contributed by atoms with E-state index in [9.17, 15) is 0 Å². The standard InChI is InChI=1S/C14H30O2/c1-6-7-8-9-13(10-15-4)14(11-16-5)12(2)3/h12-14H,6-11H2,1-5H3. The summed E-state index contributed by atoms with van der Waals surface area (Å²) in [6.45, 7) is 8.55. The second-order valence-electron chi connectivity index (χ2n) is 5.07. The Balaban J connectivity index is 4.20. The second-order valence-corrected chi connectivity index (χ2v) is 5.07. The van der Waals surface area contributed by atoms with Crippen LogP contribution in [0.5, 0.6) is 0 Å². The van der Waals surface area contributed by atoms with E-state index in [-0.39, 0.29) is 0 Å². The summed E-state index contributed by atoms with van der Waals surface area (Å²) < 4.78 is 10.7. The third kappa shape index (κ3) is 6.49. The Morgan fingerprint density at radius 1 is 0.938 bits per heavy atom. The van der Waals surface area contributed by atoms with E-state index in [1.54, 1.807) is 14.2 Å². The smallest absolute Gasteiger partial charge is 0.0496 e. The van der Waals surface area contributed by atoms with Gasteiger partial charge in [0, 0.05) is 27.4 Å². The van der Waals surface area contributed by atoms with Gasteiger partial charge in [0.15, 0.2) is 0 Å². The average Bonchev–Trinajstić information content (AvgIpc) is 2.25. The van der Waals surface area contributed by atoms with Gasteiger partial charge in [-0.2, -0.15) is 0 Å². The van der Waals surface area contributed by atoms with Crippen LogP contribution in [0.15, 0.2) is 0 Å². The van der Waals surface area contributed by atoms with Gasteiger partial charge in [-0.3, -0.25) is 0 Å². The first-order valence-corrected chi connectivity index (χ1v) is 6.65. The zero-order valence-electron chi connectivity index (χ0n) is 11.8. The molecule has 0 spiro atoms. The highest BCUT2D eigenvalue weighted by atomic mass is 16.5. The number of methoxy groups -OCH3 is 2. The van der Waals surface area contributed by atoms with Crippen LogP contribution in [-0.4, -0.2) is 27.4 Å². The van der Waals surface area contributed by atoms with Gasteiger partial charge >= 0.3 is 0 Å². The summed E-state index contributed by atoms with van der Waals surface area (Å²) in [5.41, 5.74) is 0. The molecule has 0 radical (unpaired) electrons. The van der Waals surface area contributed by atoms with Crippen molar-refractivity contribution in [1.82, 2.24) is 0 Å². The molecular weight excluding hydrogens is 200 g/mol. The molecule has 0 saturated carbocycles. The van der Waals surface area contributed by atoms with E-state index in [4.69, 9.17) is 9.47 Å². The Labute approximate surface area is 102 Å². The van der Waals surface area contributed by atoms with Crippen LogP contribution >= 0.6 is 0 Å². The molecule has 2 unspecified atom stereocenters. The molecule has 16 heavy (non-hydrogen) atoms. The van der Waals surface area contributed by atoms with Gasteiger partial charge in [0.1, 0.15) is 0 Å². The van der Waals surface area contributed by atoms with Crippen molar-refractivity contribution in [2.24, 2.45) is 17.8 Å². The molecule has 0 amide bonds. The van der Waals surface area contributed by atoms with Crippen LogP contribution in [0.4, 0.5) is 0 Å². The SMILES string of the molecule is CCCCCC(COC)C(COC)C(C)C. The minimum atomic E-state index is 0.627. The van der Waals surface area contributed by atoms with Crippen LogP contribution in [0.3, 0.4) is 0 Å². The average molecular weight is 230 g/mol. The number of ether oxygens (including phenoxy) is 2. The quantitative estimate of drug-likeness (QED) is 0.532. The molecule has 0 bridgehead atoms. The Morgan fingerprint density at radius 2 is 1.56 bits per heavy atom. The Bertz CT molecular complexity index is 146. The highest BCUT2D eigenvalue weighted by Crippen LogP contribution is 2.26. The summed E-state index contributed by atoms with van der Waals surface area (Å²) >= 11 is 0. The molecule has 0 saturated heterocycles. The van der Waals surface area contributed by atoms with Gasteiger partial charge in [0.05, 0.1) is 0 Å². The fourth-order valence-electron chi connectivity index (χ4n) is 2.36. The van der Waals surface area contributed by atoms with Crippen molar-refractivity contribution in [3.63, 3.8) is 0 Å². The zero-order valence-corrected chi connectivity index (χ0v) is 11.8. The molecule has 0 rings (SSSR count). The van der Waals surface area contributed by atoms with E-state index in [0.29, 0.717) is 17.8 Å². The Morgan fingerprint density at radius 3 is 2.00 bits per heavy atom. The maximum atomic E-state index is 5.36. The van der Waals surface area contributed by atoms with Gasteiger partial charge in [0.2, 0.25) is 0 Å². The van der Waals surface area contributed by atoms with Crippen LogP contribution in [0.1, 0.15) is 46.5 Å². The van der Waals surface area contributed by atoms with Crippen molar-refractivity contribution >= 4 is 0 Å². The van der Waals surface area contributed by atoms with Gasteiger partial charge in [-0.05, 0) is 24.2 Å². The van der Waals surface area contributed by atoms with E-state index in [2.05, 4.69) is 20.8 Å². The normalized spacial score (nSPS) is 15.4. The molecule has 98 valence electrons. The zero-order chi connectivity index (χ0) is 12.4. The van der Waals surface area contributed by atoms with E-state index in [1.165, 1.54) is 25.7 Å². The number of hydrogen-bond donors (Lipinski definition) is 0. The van der Waals surface area contributed by atoms with Gasteiger partial charge < -0.3 is 9.47 Å². The molecule has 0 aliphatic rings. The molecule has 0 fully saturated rings. The van der Waals surface area contributed by atoms with Crippen molar-refractivity contribution in [2.75, 3.05) is 27.4 Å². The summed E-state index contributed by atoms with van der Waals surface area (Å²) in [6.07, 6.45) is 5.21. The summed E-state index contributed by atoms with van der Waals surface area (Å²) in [6, 6.07) is 0. The van der Waals surface area contributed by atoms with Crippen LogP contribution in [0, 0.1) is 17.8 Å². The predicted octanol–water partition coefficient (Wildman–Crippen LogP) is 3.75. The molecule has 0 aromatic rings. The summed E-state index contributed by atoms with van der Waals surface area (Å²) in [5.74, 6) is 1.94. The molecule has 0 aromatic heterocycles. The lowest BCUT2D eigenvalue weighted by Crippen LogP contribution is -2.28. The molecule has 0 N–H and O–H groups in total. The van der Waals surface area contributed by atoms with E-state index >= 15 is 0 Å². The van der Waals surface area contributed by atoms with Gasteiger partial charge in [-0.15, -0.1) is 0 Å². The van der Waals surface area contributed by atoms with Gasteiger partial charge in [0.25, 0.3) is 0 Å². The first-order chi connectivity index (χ1) is 7.67. The maximum Gasteiger partial charge on any atom is 0.0496 e. The topological polar surface area (TPSA) is 18.5 Å². The van der Waals surface area contributed by atoms with E-state index in [0.717, 1.165) is 13.2 Å². The summed E-state index contributed by atoms with van der Waals surface area (Å²) in [7, 11) is 3.60. The molecule has 0 aromatic carbocycles. The van der Waals surface area contributed by atoms with Gasteiger partial charge in [-0.1, -0.05) is 40.0 Å². The minimum Gasteiger partial charge on any atom is -0.384 e. The Hall–Kier alpha value is -0.0800. The summed E-state index contributed by atoms with van der Waals surface area (Å²) in [5, 5.41) is 0. The third-order valence-electron chi connectivity index (χ3n) is 3.38. The van der Waals surface area contributed by atoms with Crippen LogP contribution in [-0.2, 0) is 9.47 Å². The fourth-order valence-corrected chi connectivity index (χ4v) is 2.36. The largest absolute Gasteiger partial charge is 0.384 e. The molecule has 2 atom stereocenters. The van der Waals surface area contributed by atoms with Crippen molar-refractivity contribution in [1.29, 1.82) is 0 Å². The van der Waals surface area contributed by atoms with Crippen molar-refractivity contribution in [3.8, 4) is 0 Å². The lowest BCUT2D eigenvalue weighted by molar-refractivity contribution is 0.0433. The molecular formula is C14H30O2. The predicted molar refractivity (Wildman–Crippen MR) is 69.7 cm³/mol. The number of rotatable bonds is 10. The van der Waals surface area contributed by atoms with Crippen LogP contribution in [0.2, 0.25) is 0 Å². The lowest BCUT2D eigenvalue weighted by atomic mass is 9.81. The van der Waals surface area contributed by atoms with Crippen molar-refractivity contribution in [2.45, 2.75) is 46.5 Å². The minimum absolute atomic E-state index is 0.627. The second kappa shape index (κ2) is 10.1. The van der Waals surface area contributed by atoms with Crippen molar-refractivity contribution in [3.05, 3.63) is 0 Å². The molecule has 0 aliphatic carbocycles. The molecule has 0 aliphatic heterocycles. The fraction of sp³-hybridized carbons (Fsp3) is 1.00. The lowest BCUT2D eigenvalue weighted by Gasteiger charge is -2.29. The number of unbranched alkanes of at least 4 members (excludes halogenated alkanes) is 2. The van der Waals surface area contributed by atoms with Gasteiger partial charge in [-0.25, -0.2) is 0 Å². The van der Waals surface area contributed by atoms with Crippen LogP contribution < -0.4 is 0 Å². The maximum absolute atomic E-state index is 5.36. The number of hydrogen-bond acceptors (Lipinski definition) is 2. The first-order valence-electron chi connectivity index (χ1n) is 6.65.